The van der Waals surface area contributed by atoms with Crippen LogP contribution in [0.3, 0.4) is 0 Å². The average Bonchev–Trinajstić information content (AvgIpc) is 2.34. The summed E-state index contributed by atoms with van der Waals surface area (Å²) in [6, 6.07) is 4.12. The van der Waals surface area contributed by atoms with E-state index < -0.39 is 0 Å². The Balaban J connectivity index is 2.41. The number of hydrogen-bond donors (Lipinski definition) is 2. The van der Waals surface area contributed by atoms with Gasteiger partial charge in [-0.1, -0.05) is 31.4 Å². The van der Waals surface area contributed by atoms with Gasteiger partial charge in [-0.25, -0.2) is 0 Å². The molecule has 3 nitrogen and oxygen atoms in total. The third kappa shape index (κ3) is 2.93. The first-order valence-electron chi connectivity index (χ1n) is 7.19. The molecule has 0 aromatic heterocycles. The number of phenolic OH excluding ortho intramolecular Hbond substituents is 1. The number of phenols is 1. The number of benzene rings is 1. The Kier molecular flexibility index (Phi) is 4.16. The quantitative estimate of drug-likeness (QED) is 0.880. The fourth-order valence-electron chi connectivity index (χ4n) is 3.11. The topological polar surface area (TPSA) is 49.5 Å². The van der Waals surface area contributed by atoms with E-state index in [-0.39, 0.29) is 5.54 Å². The minimum atomic E-state index is -0.336. The third-order valence-electron chi connectivity index (χ3n) is 4.27. The zero-order valence-corrected chi connectivity index (χ0v) is 12.4. The van der Waals surface area contributed by atoms with Crippen molar-refractivity contribution in [2.75, 3.05) is 14.1 Å². The molecule has 0 bridgehead atoms. The normalized spacial score (nSPS) is 18.8. The van der Waals surface area contributed by atoms with Crippen LogP contribution in [0, 0.1) is 6.92 Å². The van der Waals surface area contributed by atoms with Crippen LogP contribution < -0.4 is 5.73 Å². The molecule has 1 saturated carbocycles. The van der Waals surface area contributed by atoms with E-state index in [2.05, 4.69) is 11.0 Å². The molecule has 1 aliphatic carbocycles. The molecule has 2 rings (SSSR count). The summed E-state index contributed by atoms with van der Waals surface area (Å²) in [6.45, 7) is 2.80. The van der Waals surface area contributed by atoms with Crippen LogP contribution in [-0.2, 0) is 12.1 Å². The first kappa shape index (κ1) is 14.4. The molecule has 1 aliphatic rings. The van der Waals surface area contributed by atoms with Crippen molar-refractivity contribution in [3.8, 4) is 5.75 Å². The van der Waals surface area contributed by atoms with Crippen LogP contribution in [0.25, 0.3) is 0 Å². The summed E-state index contributed by atoms with van der Waals surface area (Å²) in [4.78, 5) is 2.08. The van der Waals surface area contributed by atoms with Crippen molar-refractivity contribution < 1.29 is 5.11 Å². The van der Waals surface area contributed by atoms with Crippen LogP contribution in [0.1, 0.15) is 48.8 Å². The van der Waals surface area contributed by atoms with E-state index in [9.17, 15) is 5.11 Å². The zero-order chi connectivity index (χ0) is 14.0. The van der Waals surface area contributed by atoms with Crippen LogP contribution in [0.2, 0.25) is 0 Å². The molecule has 0 aliphatic heterocycles. The monoisotopic (exact) mass is 262 g/mol. The van der Waals surface area contributed by atoms with Crippen molar-refractivity contribution in [3.63, 3.8) is 0 Å². The fourth-order valence-corrected chi connectivity index (χ4v) is 3.11. The molecule has 0 atom stereocenters. The van der Waals surface area contributed by atoms with Crippen molar-refractivity contribution in [1.82, 2.24) is 4.90 Å². The highest BCUT2D eigenvalue weighted by molar-refractivity contribution is 5.48. The first-order valence-corrected chi connectivity index (χ1v) is 7.19. The van der Waals surface area contributed by atoms with E-state index in [1.54, 1.807) is 0 Å². The first-order chi connectivity index (χ1) is 8.94. The molecule has 0 unspecified atom stereocenters. The van der Waals surface area contributed by atoms with Gasteiger partial charge in [0.2, 0.25) is 0 Å². The molecular formula is C16H26N2O. The number of nitrogens with two attached hydrogens (primary N) is 1. The predicted molar refractivity (Wildman–Crippen MR) is 79.2 cm³/mol. The summed E-state index contributed by atoms with van der Waals surface area (Å²) in [6.07, 6.45) is 5.53. The van der Waals surface area contributed by atoms with Gasteiger partial charge in [0.05, 0.1) is 0 Å². The molecule has 1 aromatic carbocycles. The summed E-state index contributed by atoms with van der Waals surface area (Å²) in [5, 5.41) is 10.6. The Labute approximate surface area is 116 Å². The van der Waals surface area contributed by atoms with E-state index in [0.717, 1.165) is 48.9 Å². The van der Waals surface area contributed by atoms with E-state index >= 15 is 0 Å². The van der Waals surface area contributed by atoms with Crippen LogP contribution in [0.4, 0.5) is 0 Å². The number of hydrogen-bond acceptors (Lipinski definition) is 3. The van der Waals surface area contributed by atoms with Gasteiger partial charge in [0, 0.05) is 23.2 Å². The highest BCUT2D eigenvalue weighted by Gasteiger charge is 2.32. The van der Waals surface area contributed by atoms with Crippen molar-refractivity contribution in [3.05, 3.63) is 28.8 Å². The van der Waals surface area contributed by atoms with Gasteiger partial charge in [-0.05, 0) is 39.4 Å². The van der Waals surface area contributed by atoms with Gasteiger partial charge in [-0.15, -0.1) is 0 Å². The lowest BCUT2D eigenvalue weighted by Crippen LogP contribution is -2.38. The molecule has 1 aromatic rings. The highest BCUT2D eigenvalue weighted by Crippen LogP contribution is 2.41. The maximum Gasteiger partial charge on any atom is 0.125 e. The Morgan fingerprint density at radius 2 is 1.84 bits per heavy atom. The number of nitrogens with zero attached hydrogens (tertiary/aromatic N) is 1. The molecule has 3 N–H and O–H groups in total. The van der Waals surface area contributed by atoms with Gasteiger partial charge in [0.1, 0.15) is 5.75 Å². The number of rotatable bonds is 3. The Morgan fingerprint density at radius 3 is 2.42 bits per heavy atom. The van der Waals surface area contributed by atoms with Gasteiger partial charge >= 0.3 is 0 Å². The van der Waals surface area contributed by atoms with Gasteiger partial charge in [0.15, 0.2) is 0 Å². The van der Waals surface area contributed by atoms with E-state index in [1.807, 2.05) is 27.1 Å². The van der Waals surface area contributed by atoms with E-state index in [1.165, 1.54) is 6.42 Å². The lowest BCUT2D eigenvalue weighted by atomic mass is 9.76. The lowest BCUT2D eigenvalue weighted by Gasteiger charge is -2.35. The average molecular weight is 262 g/mol. The molecule has 3 heteroatoms. The summed E-state index contributed by atoms with van der Waals surface area (Å²) in [5.74, 6) is 0.415. The maximum absolute atomic E-state index is 10.6. The summed E-state index contributed by atoms with van der Waals surface area (Å²) in [7, 11) is 4.04. The Hall–Kier alpha value is -1.06. The van der Waals surface area contributed by atoms with Crippen molar-refractivity contribution >= 4 is 0 Å². The molecule has 19 heavy (non-hydrogen) atoms. The third-order valence-corrected chi connectivity index (χ3v) is 4.27. The minimum absolute atomic E-state index is 0.336. The molecular weight excluding hydrogens is 236 g/mol. The van der Waals surface area contributed by atoms with Gasteiger partial charge in [0.25, 0.3) is 0 Å². The maximum atomic E-state index is 10.6. The molecule has 106 valence electrons. The number of aryl methyl sites for hydroxylation is 1. The predicted octanol–water partition coefficient (Wildman–Crippen LogP) is 2.88. The van der Waals surface area contributed by atoms with E-state index in [4.69, 9.17) is 5.73 Å². The molecule has 0 radical (unpaired) electrons. The summed E-state index contributed by atoms with van der Waals surface area (Å²) in [5.41, 5.74) is 9.31. The van der Waals surface area contributed by atoms with Crippen LogP contribution in [0.15, 0.2) is 12.1 Å². The van der Waals surface area contributed by atoms with Crippen molar-refractivity contribution in [2.45, 2.75) is 51.1 Å². The Morgan fingerprint density at radius 1 is 1.21 bits per heavy atom. The van der Waals surface area contributed by atoms with Gasteiger partial charge in [-0.2, -0.15) is 0 Å². The molecule has 0 spiro atoms. The van der Waals surface area contributed by atoms with Crippen LogP contribution in [0.5, 0.6) is 5.75 Å². The smallest absolute Gasteiger partial charge is 0.125 e. The van der Waals surface area contributed by atoms with Gasteiger partial charge < -0.3 is 15.7 Å². The molecule has 0 heterocycles. The molecule has 0 saturated heterocycles. The lowest BCUT2D eigenvalue weighted by molar-refractivity contribution is 0.289. The van der Waals surface area contributed by atoms with E-state index in [0.29, 0.717) is 5.75 Å². The molecule has 0 amide bonds. The zero-order valence-electron chi connectivity index (χ0n) is 12.4. The van der Waals surface area contributed by atoms with Crippen molar-refractivity contribution in [2.24, 2.45) is 5.73 Å². The minimum Gasteiger partial charge on any atom is -0.507 e. The summed E-state index contributed by atoms with van der Waals surface area (Å²) < 4.78 is 0. The highest BCUT2D eigenvalue weighted by atomic mass is 16.3. The second-order valence-electron chi connectivity index (χ2n) is 6.21. The van der Waals surface area contributed by atoms with Crippen LogP contribution >= 0.6 is 0 Å². The molecule has 1 fully saturated rings. The Bertz CT molecular complexity index is 448. The second-order valence-corrected chi connectivity index (χ2v) is 6.21. The largest absolute Gasteiger partial charge is 0.507 e. The standard InChI is InChI=1S/C16H26N2O/c1-12-7-8-14(15(19)13(12)11-18(2)3)16(17)9-5-4-6-10-16/h7-8,19H,4-6,9-11,17H2,1-3H3. The second kappa shape index (κ2) is 5.51. The van der Waals surface area contributed by atoms with Crippen molar-refractivity contribution in [1.29, 1.82) is 0 Å². The SMILES string of the molecule is Cc1ccc(C2(N)CCCCC2)c(O)c1CN(C)C. The number of aromatic hydroxyl groups is 1. The summed E-state index contributed by atoms with van der Waals surface area (Å²) >= 11 is 0. The fraction of sp³-hybridized carbons (Fsp3) is 0.625. The van der Waals surface area contributed by atoms with Gasteiger partial charge in [-0.3, -0.25) is 0 Å². The van der Waals surface area contributed by atoms with Crippen LogP contribution in [-0.4, -0.2) is 24.1 Å².